The van der Waals surface area contributed by atoms with E-state index in [0.717, 1.165) is 5.69 Å². The molecule has 0 saturated heterocycles. The maximum atomic E-state index is 11.3. The second kappa shape index (κ2) is 4.23. The second-order valence-electron chi connectivity index (χ2n) is 3.07. The number of aryl methyl sites for hydroxylation is 2. The molecule has 1 atom stereocenters. The molecule has 1 aromatic rings. The Bertz CT molecular complexity index is 333. The van der Waals surface area contributed by atoms with Crippen LogP contribution in [0.25, 0.3) is 0 Å². The van der Waals surface area contributed by atoms with Crippen molar-refractivity contribution >= 4 is 5.97 Å². The Hall–Kier alpha value is -1.36. The van der Waals surface area contributed by atoms with Crippen molar-refractivity contribution in [3.05, 3.63) is 17.5 Å². The summed E-state index contributed by atoms with van der Waals surface area (Å²) < 4.78 is 6.45. The molecule has 78 valence electrons. The van der Waals surface area contributed by atoms with Gasteiger partial charge < -0.3 is 10.5 Å². The lowest BCUT2D eigenvalue weighted by Crippen LogP contribution is -2.24. The molecule has 0 aliphatic carbocycles. The van der Waals surface area contributed by atoms with Gasteiger partial charge in [-0.2, -0.15) is 5.10 Å². The van der Waals surface area contributed by atoms with Gasteiger partial charge in [-0.15, -0.1) is 0 Å². The normalized spacial score (nSPS) is 12.6. The molecule has 0 spiro atoms. The fraction of sp³-hybridized carbons (Fsp3) is 0.556. The van der Waals surface area contributed by atoms with Gasteiger partial charge in [-0.1, -0.05) is 0 Å². The van der Waals surface area contributed by atoms with Crippen LogP contribution in [0.15, 0.2) is 6.20 Å². The minimum atomic E-state index is -0.733. The molecule has 0 aromatic carbocycles. The van der Waals surface area contributed by atoms with Gasteiger partial charge in [-0.25, -0.2) is 4.79 Å². The number of carbonyl (C=O) groups is 1. The third kappa shape index (κ3) is 2.11. The monoisotopic (exact) mass is 197 g/mol. The zero-order chi connectivity index (χ0) is 10.7. The van der Waals surface area contributed by atoms with E-state index in [1.165, 1.54) is 0 Å². The average Bonchev–Trinajstić information content (AvgIpc) is 2.44. The van der Waals surface area contributed by atoms with Crippen LogP contribution >= 0.6 is 0 Å². The Kier molecular flexibility index (Phi) is 3.24. The first-order chi connectivity index (χ1) is 6.56. The largest absolute Gasteiger partial charge is 0.465 e. The summed E-state index contributed by atoms with van der Waals surface area (Å²) in [5.41, 5.74) is 7.18. The van der Waals surface area contributed by atoms with Gasteiger partial charge in [-0.3, -0.25) is 4.68 Å². The van der Waals surface area contributed by atoms with Gasteiger partial charge in [0.2, 0.25) is 0 Å². The van der Waals surface area contributed by atoms with Crippen LogP contribution < -0.4 is 5.73 Å². The van der Waals surface area contributed by atoms with Crippen LogP contribution in [0.2, 0.25) is 0 Å². The minimum absolute atomic E-state index is 0.339. The van der Waals surface area contributed by atoms with Crippen LogP contribution in [0.3, 0.4) is 0 Å². The van der Waals surface area contributed by atoms with Crippen molar-refractivity contribution in [2.75, 3.05) is 6.61 Å². The number of aromatic nitrogens is 2. The Morgan fingerprint density at radius 3 is 2.86 bits per heavy atom. The van der Waals surface area contributed by atoms with Crippen LogP contribution in [0.4, 0.5) is 0 Å². The Balaban J connectivity index is 2.83. The lowest BCUT2D eigenvalue weighted by molar-refractivity contribution is -0.144. The third-order valence-electron chi connectivity index (χ3n) is 1.93. The number of esters is 1. The number of hydrogen-bond acceptors (Lipinski definition) is 4. The number of ether oxygens (including phenoxy) is 1. The van der Waals surface area contributed by atoms with E-state index in [0.29, 0.717) is 12.2 Å². The molecule has 0 fully saturated rings. The lowest BCUT2D eigenvalue weighted by atomic mass is 10.1. The molecular formula is C9H15N3O2. The third-order valence-corrected chi connectivity index (χ3v) is 1.93. The fourth-order valence-corrected chi connectivity index (χ4v) is 1.28. The molecule has 0 amide bonds. The van der Waals surface area contributed by atoms with Crippen LogP contribution in [-0.2, 0) is 16.6 Å². The van der Waals surface area contributed by atoms with Crippen molar-refractivity contribution in [3.8, 4) is 0 Å². The molecule has 1 heterocycles. The van der Waals surface area contributed by atoms with Crippen LogP contribution in [0, 0.1) is 6.92 Å². The highest BCUT2D eigenvalue weighted by Crippen LogP contribution is 2.14. The molecule has 14 heavy (non-hydrogen) atoms. The highest BCUT2D eigenvalue weighted by atomic mass is 16.5. The van der Waals surface area contributed by atoms with E-state index < -0.39 is 12.0 Å². The van der Waals surface area contributed by atoms with Crippen molar-refractivity contribution in [1.82, 2.24) is 9.78 Å². The van der Waals surface area contributed by atoms with E-state index >= 15 is 0 Å². The number of nitrogens with two attached hydrogens (primary N) is 1. The molecule has 0 saturated carbocycles. The summed E-state index contributed by atoms with van der Waals surface area (Å²) in [6.45, 7) is 3.90. The SMILES string of the molecule is CCOC(=O)C(N)c1cn(C)nc1C. The molecule has 2 N–H and O–H groups in total. The van der Waals surface area contributed by atoms with E-state index in [1.807, 2.05) is 6.92 Å². The molecule has 5 heteroatoms. The molecule has 0 radical (unpaired) electrons. The molecular weight excluding hydrogens is 182 g/mol. The molecule has 1 unspecified atom stereocenters. The number of hydrogen-bond donors (Lipinski definition) is 1. The van der Waals surface area contributed by atoms with Gasteiger partial charge in [0.15, 0.2) is 0 Å². The van der Waals surface area contributed by atoms with Crippen molar-refractivity contribution in [2.24, 2.45) is 12.8 Å². The van der Waals surface area contributed by atoms with E-state index in [9.17, 15) is 4.79 Å². The van der Waals surface area contributed by atoms with Crippen LogP contribution in [-0.4, -0.2) is 22.4 Å². The van der Waals surface area contributed by atoms with Gasteiger partial charge in [-0.05, 0) is 13.8 Å². The first kappa shape index (κ1) is 10.7. The van der Waals surface area contributed by atoms with E-state index in [1.54, 1.807) is 24.9 Å². The smallest absolute Gasteiger partial charge is 0.327 e. The van der Waals surface area contributed by atoms with Crippen molar-refractivity contribution in [2.45, 2.75) is 19.9 Å². The van der Waals surface area contributed by atoms with Gasteiger partial charge >= 0.3 is 5.97 Å². The molecule has 5 nitrogen and oxygen atoms in total. The fourth-order valence-electron chi connectivity index (χ4n) is 1.28. The van der Waals surface area contributed by atoms with Crippen molar-refractivity contribution in [1.29, 1.82) is 0 Å². The van der Waals surface area contributed by atoms with Gasteiger partial charge in [0.25, 0.3) is 0 Å². The summed E-state index contributed by atoms with van der Waals surface area (Å²) in [6.07, 6.45) is 1.73. The number of nitrogens with zero attached hydrogens (tertiary/aromatic N) is 2. The first-order valence-electron chi connectivity index (χ1n) is 4.48. The van der Waals surface area contributed by atoms with Crippen molar-refractivity contribution in [3.63, 3.8) is 0 Å². The molecule has 0 aliphatic rings. The second-order valence-corrected chi connectivity index (χ2v) is 3.07. The molecule has 1 rings (SSSR count). The van der Waals surface area contributed by atoms with Crippen molar-refractivity contribution < 1.29 is 9.53 Å². The number of carbonyl (C=O) groups excluding carboxylic acids is 1. The van der Waals surface area contributed by atoms with E-state index in [-0.39, 0.29) is 0 Å². The first-order valence-corrected chi connectivity index (χ1v) is 4.48. The standard InChI is InChI=1S/C9H15N3O2/c1-4-14-9(13)8(10)7-5-12(3)11-6(7)2/h5,8H,4,10H2,1-3H3. The van der Waals surface area contributed by atoms with Gasteiger partial charge in [0, 0.05) is 18.8 Å². The molecule has 0 bridgehead atoms. The summed E-state index contributed by atoms with van der Waals surface area (Å²) in [5, 5.41) is 4.10. The zero-order valence-electron chi connectivity index (χ0n) is 8.65. The molecule has 0 aliphatic heterocycles. The maximum Gasteiger partial charge on any atom is 0.327 e. The zero-order valence-corrected chi connectivity index (χ0v) is 8.65. The predicted octanol–water partition coefficient (Wildman–Crippen LogP) is 0.291. The Morgan fingerprint density at radius 1 is 1.79 bits per heavy atom. The molecule has 1 aromatic heterocycles. The summed E-state index contributed by atoms with van der Waals surface area (Å²) in [4.78, 5) is 11.3. The highest BCUT2D eigenvalue weighted by Gasteiger charge is 2.20. The topological polar surface area (TPSA) is 70.1 Å². The lowest BCUT2D eigenvalue weighted by Gasteiger charge is -2.08. The number of rotatable bonds is 3. The Labute approximate surface area is 82.8 Å². The maximum absolute atomic E-state index is 11.3. The highest BCUT2D eigenvalue weighted by molar-refractivity contribution is 5.77. The quantitative estimate of drug-likeness (QED) is 0.707. The summed E-state index contributed by atoms with van der Waals surface area (Å²) in [7, 11) is 1.79. The van der Waals surface area contributed by atoms with Gasteiger partial charge in [0.1, 0.15) is 6.04 Å². The van der Waals surface area contributed by atoms with E-state index in [2.05, 4.69) is 5.10 Å². The average molecular weight is 197 g/mol. The van der Waals surface area contributed by atoms with Gasteiger partial charge in [0.05, 0.1) is 12.3 Å². The minimum Gasteiger partial charge on any atom is -0.465 e. The van der Waals surface area contributed by atoms with Crippen LogP contribution in [0.5, 0.6) is 0 Å². The Morgan fingerprint density at radius 2 is 2.43 bits per heavy atom. The van der Waals surface area contributed by atoms with Crippen LogP contribution in [0.1, 0.15) is 24.2 Å². The predicted molar refractivity (Wildman–Crippen MR) is 51.5 cm³/mol. The summed E-state index contributed by atoms with van der Waals surface area (Å²) in [5.74, 6) is -0.413. The summed E-state index contributed by atoms with van der Waals surface area (Å²) >= 11 is 0. The van der Waals surface area contributed by atoms with E-state index in [4.69, 9.17) is 10.5 Å². The summed E-state index contributed by atoms with van der Waals surface area (Å²) in [6, 6.07) is -0.733.